The number of carboxylic acid groups (broad SMARTS) is 1. The van der Waals surface area contributed by atoms with Gasteiger partial charge in [0, 0.05) is 18.4 Å². The molecular weight excluding hydrogens is 420 g/mol. The van der Waals surface area contributed by atoms with E-state index in [0.29, 0.717) is 18.8 Å². The molecule has 0 radical (unpaired) electrons. The molecule has 33 heavy (non-hydrogen) atoms. The van der Waals surface area contributed by atoms with Crippen LogP contribution in [0, 0.1) is 12.8 Å². The number of nitrogens with one attached hydrogen (secondary N) is 2. The summed E-state index contributed by atoms with van der Waals surface area (Å²) in [5.41, 5.74) is 5.05. The third kappa shape index (κ3) is 4.45. The molecule has 0 aromatic carbocycles. The molecule has 1 saturated carbocycles. The maximum absolute atomic E-state index is 11.2. The van der Waals surface area contributed by atoms with Gasteiger partial charge < -0.3 is 15.7 Å². The third-order valence-electron chi connectivity index (χ3n) is 5.98. The van der Waals surface area contributed by atoms with Gasteiger partial charge >= 0.3 is 5.97 Å². The second-order valence-corrected chi connectivity index (χ2v) is 8.30. The van der Waals surface area contributed by atoms with Crippen molar-refractivity contribution in [2.45, 2.75) is 38.6 Å². The first kappa shape index (κ1) is 20.8. The number of anilines is 3. The molecule has 5 rings (SSSR count). The van der Waals surface area contributed by atoms with E-state index in [0.717, 1.165) is 46.8 Å². The Bertz CT molecular complexity index is 1280. The Labute approximate surface area is 190 Å². The highest BCUT2D eigenvalue weighted by molar-refractivity contribution is 5.70. The van der Waals surface area contributed by atoms with Crippen LogP contribution in [0.2, 0.25) is 0 Å². The monoisotopic (exact) mass is 444 g/mol. The molecule has 1 aliphatic rings. The number of pyridine rings is 1. The number of imidazole rings is 1. The van der Waals surface area contributed by atoms with Crippen LogP contribution in [0.4, 0.5) is 17.3 Å². The highest BCUT2D eigenvalue weighted by atomic mass is 16.4. The molecule has 0 aliphatic heterocycles. The smallest absolute Gasteiger partial charge is 0.306 e. The number of fused-ring (bicyclic) bond motifs is 1. The number of rotatable bonds is 6. The number of aryl methyl sites for hydroxylation is 1. The summed E-state index contributed by atoms with van der Waals surface area (Å²) in [6.07, 6.45) is 13.4. The number of nitrogens with zero attached hydrogens (tertiary/aromatic N) is 6. The third-order valence-corrected chi connectivity index (χ3v) is 5.98. The second kappa shape index (κ2) is 8.81. The molecule has 4 aromatic heterocycles. The van der Waals surface area contributed by atoms with E-state index >= 15 is 0 Å². The van der Waals surface area contributed by atoms with Crippen LogP contribution in [0.1, 0.15) is 31.2 Å². The summed E-state index contributed by atoms with van der Waals surface area (Å²) in [6, 6.07) is 4.06. The number of carboxylic acids is 1. The minimum absolute atomic E-state index is 0.169. The fraction of sp³-hybridized carbons (Fsp3) is 0.304. The van der Waals surface area contributed by atoms with Crippen LogP contribution >= 0.6 is 0 Å². The van der Waals surface area contributed by atoms with Crippen LogP contribution in [-0.4, -0.2) is 46.4 Å². The molecule has 0 bridgehead atoms. The molecule has 10 nitrogen and oxygen atoms in total. The van der Waals surface area contributed by atoms with Crippen molar-refractivity contribution in [3.05, 3.63) is 55.0 Å². The molecule has 3 N–H and O–H groups in total. The average Bonchev–Trinajstić information content (AvgIpc) is 3.24. The van der Waals surface area contributed by atoms with Gasteiger partial charge in [0.1, 0.15) is 12.0 Å². The maximum Gasteiger partial charge on any atom is 0.306 e. The summed E-state index contributed by atoms with van der Waals surface area (Å²) in [5.74, 6) is -0.412. The van der Waals surface area contributed by atoms with Gasteiger partial charge in [0.25, 0.3) is 0 Å². The van der Waals surface area contributed by atoms with Crippen molar-refractivity contribution in [1.29, 1.82) is 0 Å². The van der Waals surface area contributed by atoms with Gasteiger partial charge in [-0.2, -0.15) is 0 Å². The fourth-order valence-electron chi connectivity index (χ4n) is 4.20. The predicted octanol–water partition coefficient (Wildman–Crippen LogP) is 3.69. The molecule has 4 aromatic rings. The van der Waals surface area contributed by atoms with E-state index in [9.17, 15) is 9.90 Å². The van der Waals surface area contributed by atoms with Gasteiger partial charge in [0.2, 0.25) is 5.95 Å². The molecule has 0 unspecified atom stereocenters. The molecule has 168 valence electrons. The highest BCUT2D eigenvalue weighted by Crippen LogP contribution is 2.28. The van der Waals surface area contributed by atoms with Gasteiger partial charge in [-0.1, -0.05) is 0 Å². The van der Waals surface area contributed by atoms with Crippen LogP contribution in [0.5, 0.6) is 0 Å². The largest absolute Gasteiger partial charge is 0.481 e. The van der Waals surface area contributed by atoms with Crippen molar-refractivity contribution >= 4 is 28.9 Å². The molecule has 0 atom stereocenters. The summed E-state index contributed by atoms with van der Waals surface area (Å²) in [4.78, 5) is 33.0. The number of hydrogen-bond donors (Lipinski definition) is 3. The number of hydrogen-bond acceptors (Lipinski definition) is 8. The van der Waals surface area contributed by atoms with Crippen molar-refractivity contribution in [1.82, 2.24) is 29.3 Å². The molecule has 1 fully saturated rings. The molecule has 0 saturated heterocycles. The Morgan fingerprint density at radius 2 is 1.82 bits per heavy atom. The Balaban J connectivity index is 1.40. The number of aromatic nitrogens is 6. The van der Waals surface area contributed by atoms with E-state index < -0.39 is 5.97 Å². The first-order valence-corrected chi connectivity index (χ1v) is 10.9. The maximum atomic E-state index is 11.2. The van der Waals surface area contributed by atoms with Gasteiger partial charge in [0.05, 0.1) is 47.3 Å². The zero-order valence-corrected chi connectivity index (χ0v) is 18.1. The zero-order valence-electron chi connectivity index (χ0n) is 18.1. The zero-order chi connectivity index (χ0) is 22.8. The SMILES string of the molecule is Cc1cnc(NC2CCC(C(=O)O)CC2)nc1-c1cnc2ccc(Nc3cncnc3)cn12. The van der Waals surface area contributed by atoms with E-state index in [-0.39, 0.29) is 12.0 Å². The van der Waals surface area contributed by atoms with Crippen molar-refractivity contribution in [3.8, 4) is 11.4 Å². The lowest BCUT2D eigenvalue weighted by atomic mass is 9.86. The second-order valence-electron chi connectivity index (χ2n) is 8.30. The minimum Gasteiger partial charge on any atom is -0.481 e. The summed E-state index contributed by atoms with van der Waals surface area (Å²) in [5, 5.41) is 15.9. The van der Waals surface area contributed by atoms with E-state index in [1.807, 2.05) is 35.9 Å². The van der Waals surface area contributed by atoms with Gasteiger partial charge in [-0.05, 0) is 50.3 Å². The lowest BCUT2D eigenvalue weighted by Gasteiger charge is -2.26. The Morgan fingerprint density at radius 3 is 2.58 bits per heavy atom. The molecule has 0 spiro atoms. The highest BCUT2D eigenvalue weighted by Gasteiger charge is 2.26. The first-order valence-electron chi connectivity index (χ1n) is 10.9. The van der Waals surface area contributed by atoms with E-state index in [1.165, 1.54) is 6.33 Å². The lowest BCUT2D eigenvalue weighted by molar-refractivity contribution is -0.142. The van der Waals surface area contributed by atoms with Gasteiger partial charge in [0.15, 0.2) is 0 Å². The van der Waals surface area contributed by atoms with E-state index in [4.69, 9.17) is 4.98 Å². The minimum atomic E-state index is -0.705. The van der Waals surface area contributed by atoms with Crippen molar-refractivity contribution in [2.24, 2.45) is 5.92 Å². The Hall–Kier alpha value is -4.08. The fourth-order valence-corrected chi connectivity index (χ4v) is 4.20. The summed E-state index contributed by atoms with van der Waals surface area (Å²) in [6.45, 7) is 1.97. The molecule has 1 aliphatic carbocycles. The van der Waals surface area contributed by atoms with E-state index in [2.05, 4.69) is 30.6 Å². The van der Waals surface area contributed by atoms with Crippen molar-refractivity contribution in [3.63, 3.8) is 0 Å². The van der Waals surface area contributed by atoms with Crippen LogP contribution < -0.4 is 10.6 Å². The molecule has 4 heterocycles. The molecular formula is C23H24N8O2. The summed E-state index contributed by atoms with van der Waals surface area (Å²) in [7, 11) is 0. The summed E-state index contributed by atoms with van der Waals surface area (Å²) >= 11 is 0. The first-order chi connectivity index (χ1) is 16.1. The Morgan fingerprint density at radius 1 is 1.03 bits per heavy atom. The van der Waals surface area contributed by atoms with Crippen LogP contribution in [-0.2, 0) is 4.79 Å². The lowest BCUT2D eigenvalue weighted by Crippen LogP contribution is -2.29. The van der Waals surface area contributed by atoms with Crippen molar-refractivity contribution in [2.75, 3.05) is 10.6 Å². The quantitative estimate of drug-likeness (QED) is 0.407. The Kier molecular flexibility index (Phi) is 5.55. The van der Waals surface area contributed by atoms with E-state index in [1.54, 1.807) is 18.6 Å². The van der Waals surface area contributed by atoms with Gasteiger partial charge in [-0.25, -0.2) is 24.9 Å². The normalized spacial score (nSPS) is 18.2. The predicted molar refractivity (Wildman–Crippen MR) is 123 cm³/mol. The molecule has 10 heteroatoms. The topological polar surface area (TPSA) is 130 Å². The summed E-state index contributed by atoms with van der Waals surface area (Å²) < 4.78 is 1.99. The van der Waals surface area contributed by atoms with Gasteiger partial charge in [-0.3, -0.25) is 9.20 Å². The van der Waals surface area contributed by atoms with Crippen LogP contribution in [0.15, 0.2) is 49.4 Å². The van der Waals surface area contributed by atoms with Gasteiger partial charge in [-0.15, -0.1) is 0 Å². The van der Waals surface area contributed by atoms with Crippen LogP contribution in [0.25, 0.3) is 17.0 Å². The standard InChI is InChI=1S/C23H24N8O2/c1-14-8-27-23(29-16-4-2-15(3-5-16)22(32)33)30-21(14)19-11-26-20-7-6-17(12-31(19)20)28-18-9-24-13-25-10-18/h6-13,15-16,28H,2-5H2,1H3,(H,32,33)(H,27,29,30). The number of carbonyl (C=O) groups is 1. The van der Waals surface area contributed by atoms with Crippen LogP contribution in [0.3, 0.4) is 0 Å². The van der Waals surface area contributed by atoms with Crippen molar-refractivity contribution < 1.29 is 9.90 Å². The average molecular weight is 444 g/mol. The molecule has 0 amide bonds. The number of aliphatic carboxylic acids is 1.